The third-order valence-corrected chi connectivity index (χ3v) is 5.13. The van der Waals surface area contributed by atoms with Crippen molar-refractivity contribution in [2.45, 2.75) is 13.8 Å². The summed E-state index contributed by atoms with van der Waals surface area (Å²) in [6.07, 6.45) is 6.99. The fraction of sp³-hybridized carbons (Fsp3) is 0.214. The molecule has 2 aromatic carbocycles. The molecule has 0 fully saturated rings. The summed E-state index contributed by atoms with van der Waals surface area (Å²) >= 11 is 0. The number of amides is 2. The SMILES string of the molecule is CC(=O)NCCNc1nc(-c2ccccc2)nc(NCCNC(=O)C=CC=Cc2ccccc2)c1C. The van der Waals surface area contributed by atoms with Gasteiger partial charge in [0.15, 0.2) is 5.82 Å². The zero-order chi connectivity index (χ0) is 25.6. The second-order valence-electron chi connectivity index (χ2n) is 7.99. The molecule has 0 aliphatic carbocycles. The molecule has 0 saturated carbocycles. The summed E-state index contributed by atoms with van der Waals surface area (Å²) in [5.74, 6) is 1.71. The lowest BCUT2D eigenvalue weighted by molar-refractivity contribution is -0.119. The highest BCUT2D eigenvalue weighted by Gasteiger charge is 2.12. The molecule has 0 aliphatic rings. The molecule has 0 radical (unpaired) electrons. The number of carbonyl (C=O) groups is 2. The van der Waals surface area contributed by atoms with Crippen LogP contribution < -0.4 is 21.3 Å². The quantitative estimate of drug-likeness (QED) is 0.177. The van der Waals surface area contributed by atoms with Crippen LogP contribution >= 0.6 is 0 Å². The number of aromatic nitrogens is 2. The van der Waals surface area contributed by atoms with Gasteiger partial charge in [-0.2, -0.15) is 0 Å². The van der Waals surface area contributed by atoms with Gasteiger partial charge in [-0.15, -0.1) is 0 Å². The fourth-order valence-electron chi connectivity index (χ4n) is 3.30. The number of anilines is 2. The van der Waals surface area contributed by atoms with E-state index in [0.29, 0.717) is 43.6 Å². The Balaban J connectivity index is 1.57. The highest BCUT2D eigenvalue weighted by Crippen LogP contribution is 2.24. The summed E-state index contributed by atoms with van der Waals surface area (Å²) in [5.41, 5.74) is 2.83. The van der Waals surface area contributed by atoms with Gasteiger partial charge < -0.3 is 21.3 Å². The Morgan fingerprint density at radius 1 is 0.778 bits per heavy atom. The first-order valence-corrected chi connectivity index (χ1v) is 11.9. The number of nitrogens with zero attached hydrogens (tertiary/aromatic N) is 2. The predicted molar refractivity (Wildman–Crippen MR) is 145 cm³/mol. The molecular formula is C28H32N6O2. The first kappa shape index (κ1) is 26.2. The zero-order valence-electron chi connectivity index (χ0n) is 20.6. The van der Waals surface area contributed by atoms with E-state index in [1.165, 1.54) is 13.0 Å². The summed E-state index contributed by atoms with van der Waals surface area (Å²) in [6.45, 7) is 5.37. The van der Waals surface area contributed by atoms with E-state index in [0.717, 1.165) is 16.7 Å². The van der Waals surface area contributed by atoms with E-state index in [1.807, 2.05) is 79.7 Å². The van der Waals surface area contributed by atoms with Gasteiger partial charge in [-0.3, -0.25) is 9.59 Å². The van der Waals surface area contributed by atoms with Crippen molar-refractivity contribution in [3.8, 4) is 11.4 Å². The largest absolute Gasteiger partial charge is 0.368 e. The maximum atomic E-state index is 12.1. The Morgan fingerprint density at radius 3 is 1.97 bits per heavy atom. The third kappa shape index (κ3) is 8.72. The molecule has 2 amide bonds. The van der Waals surface area contributed by atoms with Crippen molar-refractivity contribution in [1.82, 2.24) is 20.6 Å². The minimum Gasteiger partial charge on any atom is -0.368 e. The first-order chi connectivity index (χ1) is 17.5. The van der Waals surface area contributed by atoms with Crippen LogP contribution in [0.15, 0.2) is 78.9 Å². The lowest BCUT2D eigenvalue weighted by Crippen LogP contribution is -2.28. The first-order valence-electron chi connectivity index (χ1n) is 11.9. The maximum absolute atomic E-state index is 12.1. The minimum absolute atomic E-state index is 0.0763. The lowest BCUT2D eigenvalue weighted by Gasteiger charge is -2.15. The normalized spacial score (nSPS) is 10.9. The molecule has 8 heteroatoms. The van der Waals surface area contributed by atoms with Crippen LogP contribution in [0.25, 0.3) is 17.5 Å². The molecule has 1 aromatic heterocycles. The second kappa shape index (κ2) is 14.1. The second-order valence-corrected chi connectivity index (χ2v) is 7.99. The van der Waals surface area contributed by atoms with Crippen LogP contribution in [0.5, 0.6) is 0 Å². The van der Waals surface area contributed by atoms with Gasteiger partial charge in [0.05, 0.1) is 0 Å². The van der Waals surface area contributed by atoms with E-state index >= 15 is 0 Å². The molecule has 0 bridgehead atoms. The molecule has 3 rings (SSSR count). The summed E-state index contributed by atoms with van der Waals surface area (Å²) < 4.78 is 0. The van der Waals surface area contributed by atoms with Gasteiger partial charge in [0, 0.05) is 50.3 Å². The van der Waals surface area contributed by atoms with E-state index in [4.69, 9.17) is 4.98 Å². The molecule has 3 aromatic rings. The van der Waals surface area contributed by atoms with Crippen LogP contribution in [-0.2, 0) is 9.59 Å². The lowest BCUT2D eigenvalue weighted by atomic mass is 10.2. The van der Waals surface area contributed by atoms with Crippen LogP contribution in [-0.4, -0.2) is 48.0 Å². The van der Waals surface area contributed by atoms with Crippen LogP contribution in [0.2, 0.25) is 0 Å². The van der Waals surface area contributed by atoms with Crippen molar-refractivity contribution >= 4 is 29.5 Å². The smallest absolute Gasteiger partial charge is 0.244 e. The number of nitrogens with one attached hydrogen (secondary N) is 4. The van der Waals surface area contributed by atoms with E-state index < -0.39 is 0 Å². The van der Waals surface area contributed by atoms with Gasteiger partial charge in [0.25, 0.3) is 0 Å². The van der Waals surface area contributed by atoms with Crippen LogP contribution in [0.3, 0.4) is 0 Å². The Hall–Kier alpha value is -4.46. The summed E-state index contributed by atoms with van der Waals surface area (Å²) in [6, 6.07) is 19.6. The van der Waals surface area contributed by atoms with E-state index in [9.17, 15) is 9.59 Å². The Morgan fingerprint density at radius 2 is 1.36 bits per heavy atom. The van der Waals surface area contributed by atoms with Gasteiger partial charge in [0.2, 0.25) is 11.8 Å². The number of allylic oxidation sites excluding steroid dienone is 2. The summed E-state index contributed by atoms with van der Waals surface area (Å²) in [5, 5.41) is 12.2. The Bertz CT molecular complexity index is 1190. The van der Waals surface area contributed by atoms with Crippen molar-refractivity contribution < 1.29 is 9.59 Å². The van der Waals surface area contributed by atoms with Crippen molar-refractivity contribution in [3.05, 3.63) is 90.0 Å². The summed E-state index contributed by atoms with van der Waals surface area (Å²) in [7, 11) is 0. The molecular weight excluding hydrogens is 452 g/mol. The highest BCUT2D eigenvalue weighted by atomic mass is 16.2. The number of hydrogen-bond acceptors (Lipinski definition) is 6. The standard InChI is InChI=1S/C28H32N6O2/c1-21-26(31-19-17-29-22(2)35)33-28(24-14-7-4-8-15-24)34-27(21)32-20-18-30-25(36)16-10-9-13-23-11-5-3-6-12-23/h3-16H,17-20H2,1-2H3,(H,29,35)(H,30,36)(H2,31,32,33,34). The zero-order valence-corrected chi connectivity index (χ0v) is 20.6. The number of rotatable bonds is 12. The van der Waals surface area contributed by atoms with Gasteiger partial charge in [-0.25, -0.2) is 9.97 Å². The van der Waals surface area contributed by atoms with Crippen molar-refractivity contribution in [3.63, 3.8) is 0 Å². The fourth-order valence-corrected chi connectivity index (χ4v) is 3.30. The van der Waals surface area contributed by atoms with Gasteiger partial charge in [-0.1, -0.05) is 78.9 Å². The van der Waals surface area contributed by atoms with Gasteiger partial charge in [-0.05, 0) is 12.5 Å². The number of hydrogen-bond donors (Lipinski definition) is 4. The van der Waals surface area contributed by atoms with Crippen molar-refractivity contribution in [1.29, 1.82) is 0 Å². The molecule has 8 nitrogen and oxygen atoms in total. The van der Waals surface area contributed by atoms with Crippen LogP contribution in [0.1, 0.15) is 18.1 Å². The third-order valence-electron chi connectivity index (χ3n) is 5.13. The van der Waals surface area contributed by atoms with Crippen molar-refractivity contribution in [2.24, 2.45) is 0 Å². The number of carbonyl (C=O) groups excluding carboxylic acids is 2. The number of benzene rings is 2. The minimum atomic E-state index is -0.167. The Labute approximate surface area is 212 Å². The molecule has 186 valence electrons. The molecule has 0 atom stereocenters. The summed E-state index contributed by atoms with van der Waals surface area (Å²) in [4.78, 5) is 32.6. The molecule has 36 heavy (non-hydrogen) atoms. The Kier molecular flexibility index (Phi) is 10.2. The van der Waals surface area contributed by atoms with Crippen LogP contribution in [0, 0.1) is 6.92 Å². The molecule has 1 heterocycles. The van der Waals surface area contributed by atoms with E-state index in [2.05, 4.69) is 26.3 Å². The molecule has 0 spiro atoms. The maximum Gasteiger partial charge on any atom is 0.244 e. The monoisotopic (exact) mass is 484 g/mol. The van der Waals surface area contributed by atoms with Crippen molar-refractivity contribution in [2.75, 3.05) is 36.8 Å². The molecule has 0 unspecified atom stereocenters. The van der Waals surface area contributed by atoms with Crippen LogP contribution in [0.4, 0.5) is 11.6 Å². The van der Waals surface area contributed by atoms with Gasteiger partial charge in [0.1, 0.15) is 11.6 Å². The van der Waals surface area contributed by atoms with E-state index in [1.54, 1.807) is 6.08 Å². The van der Waals surface area contributed by atoms with Gasteiger partial charge >= 0.3 is 0 Å². The molecule has 4 N–H and O–H groups in total. The average molecular weight is 485 g/mol. The molecule has 0 aliphatic heterocycles. The topological polar surface area (TPSA) is 108 Å². The average Bonchev–Trinajstić information content (AvgIpc) is 2.89. The highest BCUT2D eigenvalue weighted by molar-refractivity contribution is 5.87. The molecule has 0 saturated heterocycles. The predicted octanol–water partition coefficient (Wildman–Crippen LogP) is 3.80. The van der Waals surface area contributed by atoms with E-state index in [-0.39, 0.29) is 11.8 Å².